The molecule has 0 aliphatic carbocycles. The first kappa shape index (κ1) is 10.7. The van der Waals surface area contributed by atoms with Crippen LogP contribution in [0.15, 0.2) is 24.3 Å². The molecular formula is C14H21N. The molecule has 1 aromatic rings. The van der Waals surface area contributed by atoms with Crippen molar-refractivity contribution in [2.75, 3.05) is 13.6 Å². The molecule has 0 saturated carbocycles. The number of likely N-dealkylation sites (tertiary alicyclic amines) is 1. The van der Waals surface area contributed by atoms with Gasteiger partial charge in [0.1, 0.15) is 0 Å². The van der Waals surface area contributed by atoms with Crippen molar-refractivity contribution in [3.63, 3.8) is 0 Å². The number of hydrogen-bond acceptors (Lipinski definition) is 1. The van der Waals surface area contributed by atoms with Crippen LogP contribution < -0.4 is 0 Å². The first-order valence-electron chi connectivity index (χ1n) is 6.10. The zero-order valence-electron chi connectivity index (χ0n) is 9.87. The number of nitrogens with zero attached hydrogens (tertiary/aromatic N) is 1. The fraction of sp³-hybridized carbons (Fsp3) is 0.571. The Bertz CT molecular complexity index is 302. The third kappa shape index (κ3) is 2.40. The molecule has 1 aliphatic rings. The van der Waals surface area contributed by atoms with E-state index in [1.165, 1.54) is 43.4 Å². The van der Waals surface area contributed by atoms with Gasteiger partial charge in [0.15, 0.2) is 0 Å². The molecule has 1 atom stereocenters. The largest absolute Gasteiger partial charge is 0.299 e. The Balaban J connectivity index is 2.09. The SMILES string of the molecule is CCCc1ccc(C2CCCN2C)cc1. The van der Waals surface area contributed by atoms with Gasteiger partial charge in [-0.1, -0.05) is 37.6 Å². The van der Waals surface area contributed by atoms with E-state index < -0.39 is 0 Å². The molecule has 15 heavy (non-hydrogen) atoms. The Kier molecular flexibility index (Phi) is 3.42. The summed E-state index contributed by atoms with van der Waals surface area (Å²) in [5.74, 6) is 0. The van der Waals surface area contributed by atoms with Crippen molar-refractivity contribution in [3.05, 3.63) is 35.4 Å². The Labute approximate surface area is 93.1 Å². The lowest BCUT2D eigenvalue weighted by Gasteiger charge is -2.19. The lowest BCUT2D eigenvalue weighted by molar-refractivity contribution is 0.317. The van der Waals surface area contributed by atoms with Crippen LogP contribution in [-0.4, -0.2) is 18.5 Å². The van der Waals surface area contributed by atoms with Crippen LogP contribution in [0.4, 0.5) is 0 Å². The normalized spacial score (nSPS) is 22.1. The molecule has 82 valence electrons. The van der Waals surface area contributed by atoms with Gasteiger partial charge in [-0.15, -0.1) is 0 Å². The highest BCUT2D eigenvalue weighted by atomic mass is 15.1. The second-order valence-corrected chi connectivity index (χ2v) is 4.63. The molecule has 0 amide bonds. The van der Waals surface area contributed by atoms with E-state index in [9.17, 15) is 0 Å². The van der Waals surface area contributed by atoms with Gasteiger partial charge < -0.3 is 0 Å². The molecule has 0 N–H and O–H groups in total. The summed E-state index contributed by atoms with van der Waals surface area (Å²) in [7, 11) is 2.23. The van der Waals surface area contributed by atoms with Crippen LogP contribution in [0.3, 0.4) is 0 Å². The molecule has 1 nitrogen and oxygen atoms in total. The van der Waals surface area contributed by atoms with E-state index >= 15 is 0 Å². The standard InChI is InChI=1S/C14H21N/c1-3-5-12-7-9-13(10-8-12)14-6-4-11-15(14)2/h7-10,14H,3-6,11H2,1-2H3. The summed E-state index contributed by atoms with van der Waals surface area (Å²) in [5, 5.41) is 0. The van der Waals surface area contributed by atoms with Crippen LogP contribution >= 0.6 is 0 Å². The van der Waals surface area contributed by atoms with Crippen molar-refractivity contribution >= 4 is 0 Å². The van der Waals surface area contributed by atoms with Gasteiger partial charge in [0.2, 0.25) is 0 Å². The van der Waals surface area contributed by atoms with E-state index in [2.05, 4.69) is 43.1 Å². The summed E-state index contributed by atoms with van der Waals surface area (Å²) in [5.41, 5.74) is 2.97. The van der Waals surface area contributed by atoms with E-state index in [-0.39, 0.29) is 0 Å². The van der Waals surface area contributed by atoms with Crippen molar-refractivity contribution in [2.24, 2.45) is 0 Å². The van der Waals surface area contributed by atoms with Crippen molar-refractivity contribution in [1.82, 2.24) is 4.90 Å². The first-order valence-corrected chi connectivity index (χ1v) is 6.10. The third-order valence-corrected chi connectivity index (χ3v) is 3.42. The van der Waals surface area contributed by atoms with Gasteiger partial charge in [-0.25, -0.2) is 0 Å². The van der Waals surface area contributed by atoms with Gasteiger partial charge in [0.25, 0.3) is 0 Å². The van der Waals surface area contributed by atoms with Crippen molar-refractivity contribution in [2.45, 2.75) is 38.6 Å². The maximum Gasteiger partial charge on any atom is 0.0345 e. The predicted molar refractivity (Wildman–Crippen MR) is 65.0 cm³/mol. The Hall–Kier alpha value is -0.820. The zero-order chi connectivity index (χ0) is 10.7. The van der Waals surface area contributed by atoms with E-state index in [1.54, 1.807) is 0 Å². The summed E-state index contributed by atoms with van der Waals surface area (Å²) in [4.78, 5) is 2.47. The number of rotatable bonds is 3. The number of hydrogen-bond donors (Lipinski definition) is 0. The van der Waals surface area contributed by atoms with Crippen LogP contribution in [0.1, 0.15) is 43.4 Å². The predicted octanol–water partition coefficient (Wildman–Crippen LogP) is 3.41. The molecule has 0 radical (unpaired) electrons. The summed E-state index contributed by atoms with van der Waals surface area (Å²) >= 11 is 0. The van der Waals surface area contributed by atoms with E-state index in [0.29, 0.717) is 6.04 Å². The average molecular weight is 203 g/mol. The second kappa shape index (κ2) is 4.80. The molecule has 1 fully saturated rings. The lowest BCUT2D eigenvalue weighted by atomic mass is 10.0. The maximum absolute atomic E-state index is 2.47. The van der Waals surface area contributed by atoms with Crippen molar-refractivity contribution < 1.29 is 0 Å². The van der Waals surface area contributed by atoms with Gasteiger partial charge in [-0.2, -0.15) is 0 Å². The average Bonchev–Trinajstić information content (AvgIpc) is 2.66. The third-order valence-electron chi connectivity index (χ3n) is 3.42. The summed E-state index contributed by atoms with van der Waals surface area (Å²) < 4.78 is 0. The minimum atomic E-state index is 0.667. The first-order chi connectivity index (χ1) is 7.31. The lowest BCUT2D eigenvalue weighted by Crippen LogP contribution is -2.17. The van der Waals surface area contributed by atoms with Gasteiger partial charge in [-0.3, -0.25) is 4.90 Å². The Morgan fingerprint density at radius 3 is 2.53 bits per heavy atom. The molecule has 1 unspecified atom stereocenters. The molecule has 0 spiro atoms. The maximum atomic E-state index is 2.47. The van der Waals surface area contributed by atoms with Gasteiger partial charge in [0, 0.05) is 6.04 Å². The van der Waals surface area contributed by atoms with Gasteiger partial charge in [-0.05, 0) is 44.0 Å². The Morgan fingerprint density at radius 1 is 1.27 bits per heavy atom. The fourth-order valence-electron chi connectivity index (χ4n) is 2.53. The second-order valence-electron chi connectivity index (χ2n) is 4.63. The van der Waals surface area contributed by atoms with Crippen LogP contribution in [-0.2, 0) is 6.42 Å². The van der Waals surface area contributed by atoms with Crippen molar-refractivity contribution in [1.29, 1.82) is 0 Å². The minimum Gasteiger partial charge on any atom is -0.299 e. The van der Waals surface area contributed by atoms with Crippen LogP contribution in [0.25, 0.3) is 0 Å². The number of aryl methyl sites for hydroxylation is 1. The quantitative estimate of drug-likeness (QED) is 0.727. The highest BCUT2D eigenvalue weighted by Gasteiger charge is 2.21. The highest BCUT2D eigenvalue weighted by Crippen LogP contribution is 2.30. The molecule has 1 aromatic carbocycles. The topological polar surface area (TPSA) is 3.24 Å². The molecular weight excluding hydrogens is 182 g/mol. The summed E-state index contributed by atoms with van der Waals surface area (Å²) in [6, 6.07) is 9.89. The van der Waals surface area contributed by atoms with Gasteiger partial charge >= 0.3 is 0 Å². The molecule has 1 heteroatoms. The zero-order valence-corrected chi connectivity index (χ0v) is 9.87. The van der Waals surface area contributed by atoms with Crippen LogP contribution in [0.5, 0.6) is 0 Å². The highest BCUT2D eigenvalue weighted by molar-refractivity contribution is 5.25. The van der Waals surface area contributed by atoms with Crippen LogP contribution in [0, 0.1) is 0 Å². The van der Waals surface area contributed by atoms with E-state index in [0.717, 1.165) is 0 Å². The number of benzene rings is 1. The smallest absolute Gasteiger partial charge is 0.0345 e. The molecule has 1 aliphatic heterocycles. The van der Waals surface area contributed by atoms with Crippen LogP contribution in [0.2, 0.25) is 0 Å². The van der Waals surface area contributed by atoms with E-state index in [4.69, 9.17) is 0 Å². The molecule has 2 rings (SSSR count). The fourth-order valence-corrected chi connectivity index (χ4v) is 2.53. The minimum absolute atomic E-state index is 0.667. The molecule has 0 bridgehead atoms. The monoisotopic (exact) mass is 203 g/mol. The van der Waals surface area contributed by atoms with Crippen molar-refractivity contribution in [3.8, 4) is 0 Å². The summed E-state index contributed by atoms with van der Waals surface area (Å²) in [6.07, 6.45) is 5.12. The molecule has 1 heterocycles. The molecule has 0 aromatic heterocycles. The summed E-state index contributed by atoms with van der Waals surface area (Å²) in [6.45, 7) is 3.49. The Morgan fingerprint density at radius 2 is 2.00 bits per heavy atom. The molecule has 1 saturated heterocycles. The van der Waals surface area contributed by atoms with Gasteiger partial charge in [0.05, 0.1) is 0 Å². The van der Waals surface area contributed by atoms with E-state index in [1.807, 2.05) is 0 Å².